The molecular formula is C19H35NO6. The largest absolute Gasteiger partial charge is 0.454 e. The summed E-state index contributed by atoms with van der Waals surface area (Å²) in [5.41, 5.74) is 0. The molecule has 1 aliphatic heterocycles. The molecule has 4 atom stereocenters. The molecule has 1 amide bonds. The molecule has 1 unspecified atom stereocenters. The van der Waals surface area contributed by atoms with Crippen molar-refractivity contribution in [1.82, 2.24) is 5.32 Å². The number of ether oxygens (including phenoxy) is 1. The number of hydrogen-bond donors (Lipinski definition) is 4. The van der Waals surface area contributed by atoms with Crippen LogP contribution in [0.15, 0.2) is 0 Å². The molecule has 0 radical (unpaired) electrons. The Bertz CT molecular complexity index is 417. The van der Waals surface area contributed by atoms with Crippen molar-refractivity contribution in [3.05, 3.63) is 0 Å². The number of carbonyl (C=O) groups excluding carboxylic acids is 2. The Morgan fingerprint density at radius 2 is 1.50 bits per heavy atom. The van der Waals surface area contributed by atoms with Gasteiger partial charge < -0.3 is 25.4 Å². The Morgan fingerprint density at radius 1 is 1.00 bits per heavy atom. The number of rotatable bonds is 14. The van der Waals surface area contributed by atoms with Crippen molar-refractivity contribution < 1.29 is 29.6 Å². The van der Waals surface area contributed by atoms with Crippen LogP contribution in [0.1, 0.15) is 77.6 Å². The van der Waals surface area contributed by atoms with Gasteiger partial charge >= 0.3 is 5.97 Å². The number of cyclic esters (lactones) is 1. The summed E-state index contributed by atoms with van der Waals surface area (Å²) in [6.45, 7) is 2.65. The SMILES string of the molecule is CCCCCCCCCCCCCNC(=O)C(O)[C@H]1OC(=O)[C@@H](O)[C@H]1O. The maximum absolute atomic E-state index is 11.8. The second-order valence-electron chi connectivity index (χ2n) is 7.11. The molecule has 26 heavy (non-hydrogen) atoms. The third-order valence-corrected chi connectivity index (χ3v) is 4.81. The van der Waals surface area contributed by atoms with Crippen LogP contribution in [-0.2, 0) is 14.3 Å². The number of aliphatic hydroxyl groups is 3. The topological polar surface area (TPSA) is 116 Å². The first-order valence-corrected chi connectivity index (χ1v) is 10.0. The molecule has 152 valence electrons. The highest BCUT2D eigenvalue weighted by atomic mass is 16.6. The van der Waals surface area contributed by atoms with E-state index >= 15 is 0 Å². The van der Waals surface area contributed by atoms with Crippen molar-refractivity contribution in [3.63, 3.8) is 0 Å². The minimum Gasteiger partial charge on any atom is -0.454 e. The third-order valence-electron chi connectivity index (χ3n) is 4.81. The molecule has 0 saturated carbocycles. The van der Waals surface area contributed by atoms with E-state index in [2.05, 4.69) is 17.0 Å². The van der Waals surface area contributed by atoms with Crippen molar-refractivity contribution in [1.29, 1.82) is 0 Å². The lowest BCUT2D eigenvalue weighted by Crippen LogP contribution is -2.47. The molecule has 0 bridgehead atoms. The van der Waals surface area contributed by atoms with E-state index in [9.17, 15) is 24.9 Å². The van der Waals surface area contributed by atoms with Crippen LogP contribution >= 0.6 is 0 Å². The first-order chi connectivity index (χ1) is 12.5. The second kappa shape index (κ2) is 13.1. The lowest BCUT2D eigenvalue weighted by molar-refractivity contribution is -0.153. The van der Waals surface area contributed by atoms with Crippen molar-refractivity contribution in [3.8, 4) is 0 Å². The Kier molecular flexibility index (Phi) is 11.5. The van der Waals surface area contributed by atoms with Gasteiger partial charge in [-0.25, -0.2) is 4.79 Å². The zero-order valence-electron chi connectivity index (χ0n) is 15.9. The smallest absolute Gasteiger partial charge is 0.338 e. The maximum atomic E-state index is 11.8. The number of amides is 1. The number of hydrogen-bond acceptors (Lipinski definition) is 6. The molecule has 1 fully saturated rings. The van der Waals surface area contributed by atoms with E-state index < -0.39 is 36.3 Å². The van der Waals surface area contributed by atoms with Crippen molar-refractivity contribution in [2.45, 2.75) is 102 Å². The van der Waals surface area contributed by atoms with Crippen LogP contribution in [-0.4, -0.2) is 58.2 Å². The molecular weight excluding hydrogens is 338 g/mol. The molecule has 0 aromatic rings. The van der Waals surface area contributed by atoms with Crippen LogP contribution in [0.25, 0.3) is 0 Å². The normalized spacial score (nSPS) is 23.7. The van der Waals surface area contributed by atoms with E-state index in [0.29, 0.717) is 6.54 Å². The number of unbranched alkanes of at least 4 members (excludes halogenated alkanes) is 10. The minimum absolute atomic E-state index is 0.423. The molecule has 4 N–H and O–H groups in total. The minimum atomic E-state index is -1.71. The molecule has 1 heterocycles. The van der Waals surface area contributed by atoms with Gasteiger partial charge in [0, 0.05) is 6.54 Å². The first-order valence-electron chi connectivity index (χ1n) is 10.0. The van der Waals surface area contributed by atoms with E-state index in [4.69, 9.17) is 0 Å². The highest BCUT2D eigenvalue weighted by Gasteiger charge is 2.48. The van der Waals surface area contributed by atoms with Crippen LogP contribution in [0.3, 0.4) is 0 Å². The predicted molar refractivity (Wildman–Crippen MR) is 97.4 cm³/mol. The predicted octanol–water partition coefficient (Wildman–Crippen LogP) is 1.42. The van der Waals surface area contributed by atoms with Crippen LogP contribution in [0, 0.1) is 0 Å². The average Bonchev–Trinajstić information content (AvgIpc) is 2.89. The van der Waals surface area contributed by atoms with Gasteiger partial charge in [-0.3, -0.25) is 4.79 Å². The third kappa shape index (κ3) is 8.01. The summed E-state index contributed by atoms with van der Waals surface area (Å²) in [6.07, 6.45) is 6.90. The molecule has 7 nitrogen and oxygen atoms in total. The van der Waals surface area contributed by atoms with Gasteiger partial charge in [0.15, 0.2) is 18.3 Å². The Hall–Kier alpha value is -1.18. The second-order valence-corrected chi connectivity index (χ2v) is 7.11. The van der Waals surface area contributed by atoms with Gasteiger partial charge in [-0.15, -0.1) is 0 Å². The van der Waals surface area contributed by atoms with Crippen LogP contribution in [0.2, 0.25) is 0 Å². The summed E-state index contributed by atoms with van der Waals surface area (Å²) in [4.78, 5) is 22.9. The van der Waals surface area contributed by atoms with E-state index in [1.54, 1.807) is 0 Å². The fourth-order valence-electron chi connectivity index (χ4n) is 3.10. The monoisotopic (exact) mass is 373 g/mol. The zero-order valence-corrected chi connectivity index (χ0v) is 15.9. The number of aliphatic hydroxyl groups excluding tert-OH is 3. The molecule has 7 heteroatoms. The zero-order chi connectivity index (χ0) is 19.4. The summed E-state index contributed by atoms with van der Waals surface area (Å²) in [6, 6.07) is 0. The van der Waals surface area contributed by atoms with Crippen LogP contribution in [0.5, 0.6) is 0 Å². The molecule has 0 aromatic carbocycles. The quantitative estimate of drug-likeness (QED) is 0.270. The van der Waals surface area contributed by atoms with Crippen LogP contribution in [0.4, 0.5) is 0 Å². The maximum Gasteiger partial charge on any atom is 0.338 e. The summed E-state index contributed by atoms with van der Waals surface area (Å²) in [7, 11) is 0. The molecule has 1 saturated heterocycles. The van der Waals surface area contributed by atoms with Crippen molar-refractivity contribution in [2.24, 2.45) is 0 Å². The number of carbonyl (C=O) groups is 2. The summed E-state index contributed by atoms with van der Waals surface area (Å²) >= 11 is 0. The lowest BCUT2D eigenvalue weighted by Gasteiger charge is -2.19. The summed E-state index contributed by atoms with van der Waals surface area (Å²) in [5, 5.41) is 31.3. The first kappa shape index (κ1) is 22.9. The van der Waals surface area contributed by atoms with Gasteiger partial charge in [-0.05, 0) is 6.42 Å². The molecule has 1 aliphatic rings. The van der Waals surface area contributed by atoms with E-state index in [1.165, 1.54) is 51.4 Å². The summed E-state index contributed by atoms with van der Waals surface area (Å²) < 4.78 is 4.63. The van der Waals surface area contributed by atoms with Crippen molar-refractivity contribution in [2.75, 3.05) is 6.54 Å². The fourth-order valence-corrected chi connectivity index (χ4v) is 3.10. The average molecular weight is 373 g/mol. The Balaban J connectivity index is 1.99. The highest BCUT2D eigenvalue weighted by Crippen LogP contribution is 2.19. The Morgan fingerprint density at radius 3 is 1.96 bits per heavy atom. The Labute approximate surface area is 156 Å². The van der Waals surface area contributed by atoms with Gasteiger partial charge in [0.25, 0.3) is 5.91 Å². The summed E-state index contributed by atoms with van der Waals surface area (Å²) in [5.74, 6) is -1.73. The van der Waals surface area contributed by atoms with E-state index in [-0.39, 0.29) is 0 Å². The number of esters is 1. The standard InChI is InChI=1S/C19H35NO6/c1-2-3-4-5-6-7-8-9-10-11-12-13-20-18(24)16(23)17-14(21)15(22)19(25)26-17/h14-17,21-23H,2-13H2,1H3,(H,20,24)/t14-,15+,16?,17+/m1/s1. The number of nitrogens with one attached hydrogen (secondary N) is 1. The molecule has 0 spiro atoms. The molecule has 1 rings (SSSR count). The van der Waals surface area contributed by atoms with Crippen LogP contribution < -0.4 is 5.32 Å². The van der Waals surface area contributed by atoms with Gasteiger partial charge in [-0.2, -0.15) is 0 Å². The highest BCUT2D eigenvalue weighted by molar-refractivity contribution is 5.84. The van der Waals surface area contributed by atoms with Gasteiger partial charge in [-0.1, -0.05) is 71.1 Å². The fraction of sp³-hybridized carbons (Fsp3) is 0.895. The molecule has 0 aromatic heterocycles. The lowest BCUT2D eigenvalue weighted by atomic mass is 10.1. The molecule has 0 aliphatic carbocycles. The van der Waals surface area contributed by atoms with Gasteiger partial charge in [0.1, 0.15) is 6.10 Å². The van der Waals surface area contributed by atoms with Crippen molar-refractivity contribution >= 4 is 11.9 Å². The van der Waals surface area contributed by atoms with E-state index in [0.717, 1.165) is 19.3 Å². The van der Waals surface area contributed by atoms with Gasteiger partial charge in [0.2, 0.25) is 0 Å². The van der Waals surface area contributed by atoms with Gasteiger partial charge in [0.05, 0.1) is 0 Å². The van der Waals surface area contributed by atoms with E-state index in [1.807, 2.05) is 0 Å².